The zero-order chi connectivity index (χ0) is 23.4. The molecule has 0 aliphatic carbocycles. The number of nitrogens with one attached hydrogen (secondary N) is 1. The van der Waals surface area contributed by atoms with Crippen LogP contribution < -0.4 is 16.3 Å². The molecular formula is C22H24BN5O2S3. The molecule has 0 saturated heterocycles. The number of anilines is 1. The van der Waals surface area contributed by atoms with E-state index in [1.165, 1.54) is 39.9 Å². The first-order chi connectivity index (χ1) is 15.9. The molecule has 1 N–H and O–H groups in total. The summed E-state index contributed by atoms with van der Waals surface area (Å²) in [6.07, 6.45) is 0.826. The van der Waals surface area contributed by atoms with Crippen LogP contribution in [0.4, 0.5) is 5.13 Å². The van der Waals surface area contributed by atoms with Gasteiger partial charge in [-0.25, -0.2) is 9.97 Å². The Labute approximate surface area is 205 Å². The summed E-state index contributed by atoms with van der Waals surface area (Å²) in [7, 11) is 6.06. The third-order valence-corrected chi connectivity index (χ3v) is 7.57. The highest BCUT2D eigenvalue weighted by atomic mass is 32.2. The first-order valence-corrected chi connectivity index (χ1v) is 13.2. The molecule has 1 aromatic carbocycles. The van der Waals surface area contributed by atoms with Crippen molar-refractivity contribution in [3.63, 3.8) is 0 Å². The Morgan fingerprint density at radius 2 is 1.97 bits per heavy atom. The van der Waals surface area contributed by atoms with Crippen LogP contribution in [0, 0.1) is 0 Å². The van der Waals surface area contributed by atoms with Crippen molar-refractivity contribution in [2.75, 3.05) is 31.7 Å². The number of rotatable bonds is 9. The summed E-state index contributed by atoms with van der Waals surface area (Å²) in [5.74, 6) is -0.0285. The summed E-state index contributed by atoms with van der Waals surface area (Å²) >= 11 is 4.07. The third kappa shape index (κ3) is 5.91. The summed E-state index contributed by atoms with van der Waals surface area (Å²) in [5, 5.41) is 7.80. The number of hydrogen-bond donors (Lipinski definition) is 1. The fourth-order valence-corrected chi connectivity index (χ4v) is 5.59. The molecule has 4 rings (SSSR count). The zero-order valence-electron chi connectivity index (χ0n) is 18.7. The van der Waals surface area contributed by atoms with Crippen LogP contribution in [-0.4, -0.2) is 59.6 Å². The van der Waals surface area contributed by atoms with Crippen LogP contribution in [0.1, 0.15) is 6.42 Å². The SMILES string of the molecule is Bc1ccc(-c2csc(NC(=O)CSc3nc4ccsc4c(=O)n3CCCN(C)C)n2)cc1. The fraction of sp³-hybridized carbons (Fsp3) is 0.273. The van der Waals surface area contributed by atoms with Crippen LogP contribution in [0.5, 0.6) is 0 Å². The predicted octanol–water partition coefficient (Wildman–Crippen LogP) is 2.52. The summed E-state index contributed by atoms with van der Waals surface area (Å²) in [6.45, 7) is 1.43. The van der Waals surface area contributed by atoms with Crippen molar-refractivity contribution in [3.05, 3.63) is 51.4 Å². The molecule has 3 heterocycles. The van der Waals surface area contributed by atoms with Gasteiger partial charge in [0.05, 0.1) is 17.0 Å². The number of thiazole rings is 1. The Bertz CT molecular complexity index is 1310. The molecule has 0 aliphatic rings. The van der Waals surface area contributed by atoms with E-state index in [1.807, 2.05) is 63.0 Å². The van der Waals surface area contributed by atoms with Gasteiger partial charge >= 0.3 is 0 Å². The van der Waals surface area contributed by atoms with Gasteiger partial charge < -0.3 is 10.2 Å². The average Bonchev–Trinajstić information content (AvgIpc) is 3.44. The molecule has 170 valence electrons. The van der Waals surface area contributed by atoms with Gasteiger partial charge in [-0.05, 0) is 38.5 Å². The Balaban J connectivity index is 1.44. The Kier molecular flexibility index (Phi) is 7.64. The van der Waals surface area contributed by atoms with Crippen molar-refractivity contribution in [2.24, 2.45) is 0 Å². The lowest BCUT2D eigenvalue weighted by Crippen LogP contribution is -2.25. The van der Waals surface area contributed by atoms with Gasteiger partial charge in [0.2, 0.25) is 5.91 Å². The van der Waals surface area contributed by atoms with E-state index < -0.39 is 0 Å². The molecule has 0 fully saturated rings. The molecular weight excluding hydrogens is 473 g/mol. The van der Waals surface area contributed by atoms with Crippen LogP contribution in [0.15, 0.2) is 51.0 Å². The molecule has 1 amide bonds. The first-order valence-electron chi connectivity index (χ1n) is 10.5. The molecule has 0 saturated carbocycles. The lowest BCUT2D eigenvalue weighted by Gasteiger charge is -2.13. The molecule has 0 bridgehead atoms. The molecule has 0 radical (unpaired) electrons. The highest BCUT2D eigenvalue weighted by molar-refractivity contribution is 7.99. The van der Waals surface area contributed by atoms with E-state index >= 15 is 0 Å². The number of benzene rings is 1. The summed E-state index contributed by atoms with van der Waals surface area (Å²) < 4.78 is 2.35. The Hall–Kier alpha value is -2.47. The minimum Gasteiger partial charge on any atom is -0.309 e. The van der Waals surface area contributed by atoms with Crippen molar-refractivity contribution >= 4 is 69.0 Å². The van der Waals surface area contributed by atoms with Crippen LogP contribution in [0.25, 0.3) is 21.5 Å². The zero-order valence-corrected chi connectivity index (χ0v) is 21.1. The first kappa shape index (κ1) is 23.7. The average molecular weight is 497 g/mol. The normalized spacial score (nSPS) is 11.4. The van der Waals surface area contributed by atoms with E-state index in [4.69, 9.17) is 0 Å². The molecule has 11 heteroatoms. The summed E-state index contributed by atoms with van der Waals surface area (Å²) in [4.78, 5) is 36.9. The molecule has 0 aliphatic heterocycles. The van der Waals surface area contributed by atoms with Gasteiger partial charge in [0.25, 0.3) is 5.56 Å². The van der Waals surface area contributed by atoms with E-state index in [2.05, 4.69) is 20.2 Å². The quantitative estimate of drug-likeness (QED) is 0.218. The van der Waals surface area contributed by atoms with Gasteiger partial charge in [0, 0.05) is 17.5 Å². The second-order valence-corrected chi connectivity index (χ2v) is 10.6. The van der Waals surface area contributed by atoms with Gasteiger partial charge in [0.1, 0.15) is 12.5 Å². The molecule has 3 aromatic heterocycles. The highest BCUT2D eigenvalue weighted by Crippen LogP contribution is 2.25. The minimum absolute atomic E-state index is 0.0423. The van der Waals surface area contributed by atoms with Gasteiger partial charge in [-0.2, -0.15) is 0 Å². The number of amides is 1. The predicted molar refractivity (Wildman–Crippen MR) is 142 cm³/mol. The largest absolute Gasteiger partial charge is 0.309 e. The van der Waals surface area contributed by atoms with E-state index in [0.717, 1.165) is 24.2 Å². The van der Waals surface area contributed by atoms with E-state index in [1.54, 1.807) is 4.57 Å². The number of nitrogens with zero attached hydrogens (tertiary/aromatic N) is 4. The number of hydrogen-bond acceptors (Lipinski definition) is 8. The van der Waals surface area contributed by atoms with Crippen LogP contribution in [-0.2, 0) is 11.3 Å². The van der Waals surface area contributed by atoms with Gasteiger partial charge in [-0.3, -0.25) is 14.2 Å². The smallest absolute Gasteiger partial charge is 0.272 e. The number of thioether (sulfide) groups is 1. The van der Waals surface area contributed by atoms with Gasteiger partial charge in [-0.1, -0.05) is 41.5 Å². The van der Waals surface area contributed by atoms with Crippen molar-refractivity contribution in [3.8, 4) is 11.3 Å². The van der Waals surface area contributed by atoms with Crippen LogP contribution in [0.2, 0.25) is 0 Å². The Morgan fingerprint density at radius 3 is 2.73 bits per heavy atom. The number of carbonyl (C=O) groups excluding carboxylic acids is 1. The molecule has 0 unspecified atom stereocenters. The number of aromatic nitrogens is 3. The molecule has 7 nitrogen and oxygen atoms in total. The van der Waals surface area contributed by atoms with E-state index in [0.29, 0.717) is 27.0 Å². The second-order valence-electron chi connectivity index (χ2n) is 7.88. The standard InChI is InChI=1S/C22H24BN5O2S3/c1-27(2)9-3-10-28-20(30)19-16(8-11-31-19)25-22(28)33-13-18(29)26-21-24-17(12-32-21)14-4-6-15(23)7-5-14/h4-8,11-12H,3,9-10,13,23H2,1-2H3,(H,24,26,29). The number of carbonyl (C=O) groups is 1. The lowest BCUT2D eigenvalue weighted by molar-refractivity contribution is -0.113. The minimum atomic E-state index is -0.177. The van der Waals surface area contributed by atoms with Crippen molar-refractivity contribution in [1.29, 1.82) is 0 Å². The maximum atomic E-state index is 13.0. The topological polar surface area (TPSA) is 80.1 Å². The molecule has 33 heavy (non-hydrogen) atoms. The van der Waals surface area contributed by atoms with Gasteiger partial charge in [0.15, 0.2) is 10.3 Å². The number of fused-ring (bicyclic) bond motifs is 1. The molecule has 0 atom stereocenters. The second kappa shape index (κ2) is 10.6. The maximum Gasteiger partial charge on any atom is 0.272 e. The van der Waals surface area contributed by atoms with Crippen LogP contribution in [0.3, 0.4) is 0 Å². The van der Waals surface area contributed by atoms with Crippen molar-refractivity contribution in [2.45, 2.75) is 18.1 Å². The fourth-order valence-electron chi connectivity index (χ4n) is 3.25. The highest BCUT2D eigenvalue weighted by Gasteiger charge is 2.15. The summed E-state index contributed by atoms with van der Waals surface area (Å²) in [6, 6.07) is 9.97. The Morgan fingerprint density at radius 1 is 1.18 bits per heavy atom. The molecule has 0 spiro atoms. The monoisotopic (exact) mass is 497 g/mol. The van der Waals surface area contributed by atoms with Gasteiger partial charge in [-0.15, -0.1) is 22.7 Å². The molecule has 4 aromatic rings. The third-order valence-electron chi connectivity index (χ3n) is 4.95. The van der Waals surface area contributed by atoms with Crippen molar-refractivity contribution in [1.82, 2.24) is 19.4 Å². The lowest BCUT2D eigenvalue weighted by atomic mass is 9.95. The number of thiophene rings is 1. The summed E-state index contributed by atoms with van der Waals surface area (Å²) in [5.41, 5.74) is 3.68. The maximum absolute atomic E-state index is 13.0. The van der Waals surface area contributed by atoms with E-state index in [9.17, 15) is 9.59 Å². The van der Waals surface area contributed by atoms with Crippen LogP contribution >= 0.6 is 34.4 Å². The van der Waals surface area contributed by atoms with E-state index in [-0.39, 0.29) is 17.2 Å². The van der Waals surface area contributed by atoms with Crippen molar-refractivity contribution < 1.29 is 4.79 Å².